The van der Waals surface area contributed by atoms with Crippen LogP contribution >= 0.6 is 23.2 Å². The van der Waals surface area contributed by atoms with Gasteiger partial charge in [0.15, 0.2) is 10.7 Å². The molecule has 13 heteroatoms. The Bertz CT molecular complexity index is 1700. The van der Waals surface area contributed by atoms with Crippen LogP contribution in [0.1, 0.15) is 18.2 Å². The zero-order chi connectivity index (χ0) is 26.5. The zero-order valence-electron chi connectivity index (χ0n) is 19.0. The summed E-state index contributed by atoms with van der Waals surface area (Å²) in [5.74, 6) is -0.499. The van der Waals surface area contributed by atoms with E-state index >= 15 is 0 Å². The van der Waals surface area contributed by atoms with Gasteiger partial charge in [0.25, 0.3) is 5.91 Å². The SMILES string of the molecule is CC1(Cc2ccc(-c3cncnc3C#N)cc2)C(=O)N(c2cc(Cl)cc(Cl)c2)c2ncc(S(=O)(=O)O)n21. The smallest absolute Gasteiger partial charge is 0.283 e. The molecule has 0 spiro atoms. The summed E-state index contributed by atoms with van der Waals surface area (Å²) in [7, 11) is -4.72. The van der Waals surface area contributed by atoms with E-state index in [2.05, 4.69) is 15.0 Å². The Morgan fingerprint density at radius 2 is 1.76 bits per heavy atom. The predicted molar refractivity (Wildman–Crippen MR) is 135 cm³/mol. The maximum absolute atomic E-state index is 13.9. The van der Waals surface area contributed by atoms with E-state index in [-0.39, 0.29) is 28.1 Å². The van der Waals surface area contributed by atoms with Crippen LogP contribution in [0.4, 0.5) is 11.6 Å². The van der Waals surface area contributed by atoms with Crippen molar-refractivity contribution in [1.82, 2.24) is 19.5 Å². The van der Waals surface area contributed by atoms with Gasteiger partial charge in [-0.05, 0) is 36.2 Å². The van der Waals surface area contributed by atoms with Gasteiger partial charge in [0.05, 0.1) is 11.9 Å². The first-order chi connectivity index (χ1) is 17.5. The molecule has 5 rings (SSSR count). The molecule has 37 heavy (non-hydrogen) atoms. The molecule has 1 amide bonds. The Morgan fingerprint density at radius 1 is 1.08 bits per heavy atom. The van der Waals surface area contributed by atoms with Crippen molar-refractivity contribution in [3.05, 3.63) is 82.5 Å². The fourth-order valence-corrected chi connectivity index (χ4v) is 5.66. The molecule has 2 aromatic carbocycles. The second kappa shape index (κ2) is 8.93. The molecule has 1 unspecified atom stereocenters. The summed E-state index contributed by atoms with van der Waals surface area (Å²) >= 11 is 12.3. The number of hydrogen-bond acceptors (Lipinski definition) is 7. The van der Waals surface area contributed by atoms with Crippen LogP contribution in [-0.2, 0) is 26.9 Å². The largest absolute Gasteiger partial charge is 0.312 e. The topological polar surface area (TPSA) is 142 Å². The Balaban J connectivity index is 1.60. The highest BCUT2D eigenvalue weighted by Gasteiger charge is 2.51. The van der Waals surface area contributed by atoms with Crippen molar-refractivity contribution < 1.29 is 17.8 Å². The quantitative estimate of drug-likeness (QED) is 0.357. The van der Waals surface area contributed by atoms with Gasteiger partial charge in [-0.3, -0.25) is 13.9 Å². The standard InChI is InChI=1S/C24H16Cl2N6O4S/c1-24(9-14-2-4-15(5-3-14)19-11-28-13-30-20(19)10-27)22(33)31(18-7-16(25)6-17(26)8-18)23-29-12-21(32(23)24)37(34,35)36/h2-8,11-13H,9H2,1H3,(H,34,35,36). The minimum Gasteiger partial charge on any atom is -0.283 e. The number of nitriles is 1. The normalized spacial score (nSPS) is 17.1. The van der Waals surface area contributed by atoms with Crippen molar-refractivity contribution in [2.45, 2.75) is 23.9 Å². The van der Waals surface area contributed by atoms with Crippen LogP contribution in [0.3, 0.4) is 0 Å². The molecule has 1 N–H and O–H groups in total. The third-order valence-electron chi connectivity index (χ3n) is 6.07. The lowest BCUT2D eigenvalue weighted by Gasteiger charge is -2.26. The van der Waals surface area contributed by atoms with E-state index in [0.29, 0.717) is 22.4 Å². The van der Waals surface area contributed by atoms with Crippen LogP contribution < -0.4 is 4.90 Å². The molecule has 10 nitrogen and oxygen atoms in total. The third-order valence-corrected chi connectivity index (χ3v) is 7.32. The van der Waals surface area contributed by atoms with Gasteiger partial charge in [0.1, 0.15) is 17.9 Å². The van der Waals surface area contributed by atoms with E-state index in [1.165, 1.54) is 40.2 Å². The van der Waals surface area contributed by atoms with Crippen molar-refractivity contribution in [3.8, 4) is 17.2 Å². The lowest BCUT2D eigenvalue weighted by molar-refractivity contribution is -0.124. The van der Waals surface area contributed by atoms with Crippen LogP contribution in [-0.4, -0.2) is 38.4 Å². The number of imidazole rings is 1. The number of anilines is 2. The number of fused-ring (bicyclic) bond motifs is 1. The monoisotopic (exact) mass is 554 g/mol. The number of aromatic nitrogens is 4. The van der Waals surface area contributed by atoms with Gasteiger partial charge in [-0.25, -0.2) is 19.9 Å². The number of rotatable bonds is 5. The molecule has 0 bridgehead atoms. The molecule has 186 valence electrons. The van der Waals surface area contributed by atoms with Crippen molar-refractivity contribution >= 4 is 50.9 Å². The van der Waals surface area contributed by atoms with Gasteiger partial charge in [-0.15, -0.1) is 0 Å². The number of halogens is 2. The van der Waals surface area contributed by atoms with Crippen LogP contribution in [0.2, 0.25) is 10.0 Å². The first kappa shape index (κ1) is 24.9. The molecule has 0 fully saturated rings. The summed E-state index contributed by atoms with van der Waals surface area (Å²) in [6.45, 7) is 1.56. The average molecular weight is 555 g/mol. The molecule has 4 aromatic rings. The van der Waals surface area contributed by atoms with Crippen molar-refractivity contribution in [3.63, 3.8) is 0 Å². The third kappa shape index (κ3) is 4.24. The fourth-order valence-electron chi connectivity index (χ4n) is 4.44. The van der Waals surface area contributed by atoms with Gasteiger partial charge < -0.3 is 0 Å². The van der Waals surface area contributed by atoms with Crippen molar-refractivity contribution in [2.24, 2.45) is 0 Å². The zero-order valence-corrected chi connectivity index (χ0v) is 21.3. The first-order valence-electron chi connectivity index (χ1n) is 10.7. The Labute approximate surface area is 221 Å². The minimum atomic E-state index is -4.72. The van der Waals surface area contributed by atoms with E-state index in [1.807, 2.05) is 6.07 Å². The molecule has 2 aromatic heterocycles. The molecule has 1 atom stereocenters. The van der Waals surface area contributed by atoms with Gasteiger partial charge in [-0.1, -0.05) is 47.5 Å². The lowest BCUT2D eigenvalue weighted by Crippen LogP contribution is -2.41. The van der Waals surface area contributed by atoms with Crippen LogP contribution in [0.15, 0.2) is 66.2 Å². The number of amides is 1. The van der Waals surface area contributed by atoms with E-state index in [4.69, 9.17) is 23.2 Å². The second-order valence-corrected chi connectivity index (χ2v) is 10.8. The van der Waals surface area contributed by atoms with Gasteiger partial charge in [0, 0.05) is 28.2 Å². The summed E-state index contributed by atoms with van der Waals surface area (Å²) in [5, 5.41) is 9.35. The Hall–Kier alpha value is -3.82. The molecule has 3 heterocycles. The molecule has 0 saturated carbocycles. The second-order valence-electron chi connectivity index (χ2n) is 8.52. The summed E-state index contributed by atoms with van der Waals surface area (Å²) in [4.78, 5) is 27.2. The highest BCUT2D eigenvalue weighted by Crippen LogP contribution is 2.44. The molecular weight excluding hydrogens is 539 g/mol. The van der Waals surface area contributed by atoms with Gasteiger partial charge in [0.2, 0.25) is 5.95 Å². The summed E-state index contributed by atoms with van der Waals surface area (Å²) in [6, 6.07) is 13.6. The molecular formula is C24H16Cl2N6O4S. The maximum atomic E-state index is 13.9. The Morgan fingerprint density at radius 3 is 2.38 bits per heavy atom. The van der Waals surface area contributed by atoms with E-state index in [0.717, 1.165) is 6.20 Å². The van der Waals surface area contributed by atoms with E-state index < -0.39 is 26.6 Å². The minimum absolute atomic E-state index is 0.00447. The van der Waals surface area contributed by atoms with Crippen LogP contribution in [0.25, 0.3) is 11.1 Å². The summed E-state index contributed by atoms with van der Waals surface area (Å²) < 4.78 is 35.5. The molecule has 1 aliphatic heterocycles. The summed E-state index contributed by atoms with van der Waals surface area (Å²) in [6.07, 6.45) is 3.87. The first-order valence-corrected chi connectivity index (χ1v) is 12.9. The number of carbonyl (C=O) groups is 1. The van der Waals surface area contributed by atoms with Crippen molar-refractivity contribution in [2.75, 3.05) is 4.90 Å². The average Bonchev–Trinajstić information content (AvgIpc) is 3.37. The molecule has 0 saturated heterocycles. The fraction of sp³-hybridized carbons (Fsp3) is 0.125. The van der Waals surface area contributed by atoms with Crippen molar-refractivity contribution in [1.29, 1.82) is 5.26 Å². The van der Waals surface area contributed by atoms with Crippen LogP contribution in [0.5, 0.6) is 0 Å². The number of benzene rings is 2. The van der Waals surface area contributed by atoms with E-state index in [1.54, 1.807) is 31.2 Å². The van der Waals surface area contributed by atoms with E-state index in [9.17, 15) is 23.0 Å². The number of carbonyl (C=O) groups excluding carboxylic acids is 1. The van der Waals surface area contributed by atoms with Crippen LogP contribution in [0, 0.1) is 11.3 Å². The molecule has 0 radical (unpaired) electrons. The van der Waals surface area contributed by atoms with Gasteiger partial charge >= 0.3 is 10.1 Å². The molecule has 0 aliphatic carbocycles. The predicted octanol–water partition coefficient (Wildman–Crippen LogP) is 4.40. The number of nitrogens with zero attached hydrogens (tertiary/aromatic N) is 6. The van der Waals surface area contributed by atoms with Gasteiger partial charge in [-0.2, -0.15) is 13.7 Å². The molecule has 1 aliphatic rings. The highest BCUT2D eigenvalue weighted by atomic mass is 35.5. The maximum Gasteiger partial charge on any atom is 0.312 e. The number of hydrogen-bond donors (Lipinski definition) is 1. The highest BCUT2D eigenvalue weighted by molar-refractivity contribution is 7.85. The summed E-state index contributed by atoms with van der Waals surface area (Å²) in [5.41, 5.74) is 0.957. The lowest BCUT2D eigenvalue weighted by atomic mass is 9.91. The Kier molecular flexibility index (Phi) is 6.00.